The zero-order chi connectivity index (χ0) is 13.2. The quantitative estimate of drug-likeness (QED) is 0.647. The van der Waals surface area contributed by atoms with Crippen LogP contribution in [0, 0.1) is 6.92 Å². The molecule has 7 nitrogen and oxygen atoms in total. The lowest BCUT2D eigenvalue weighted by molar-refractivity contribution is -0.124. The molecule has 1 amide bonds. The van der Waals surface area contributed by atoms with Crippen LogP contribution >= 0.6 is 0 Å². The molecule has 0 fully saturated rings. The lowest BCUT2D eigenvalue weighted by Gasteiger charge is -2.16. The molecular formula is C10H15N3O4. The van der Waals surface area contributed by atoms with E-state index in [0.29, 0.717) is 6.54 Å². The molecule has 0 spiro atoms. The number of rotatable bonds is 3. The van der Waals surface area contributed by atoms with Gasteiger partial charge < -0.3 is 10.4 Å². The van der Waals surface area contributed by atoms with Gasteiger partial charge in [-0.25, -0.2) is 4.79 Å². The van der Waals surface area contributed by atoms with Crippen molar-refractivity contribution in [3.63, 3.8) is 0 Å². The van der Waals surface area contributed by atoms with Crippen LogP contribution in [0.1, 0.15) is 25.5 Å². The fraction of sp³-hybridized carbons (Fsp3) is 0.500. The zero-order valence-electron chi connectivity index (χ0n) is 9.90. The Hall–Kier alpha value is -2.05. The number of aromatic hydroxyl groups is 1. The number of aromatic amines is 1. The monoisotopic (exact) mass is 241 g/mol. The molecule has 0 aliphatic heterocycles. The molecule has 94 valence electrons. The first-order valence-electron chi connectivity index (χ1n) is 5.22. The average molecular weight is 241 g/mol. The summed E-state index contributed by atoms with van der Waals surface area (Å²) in [5, 5.41) is 12.2. The summed E-state index contributed by atoms with van der Waals surface area (Å²) in [6, 6.07) is -0.891. The van der Waals surface area contributed by atoms with Gasteiger partial charge >= 0.3 is 5.69 Å². The van der Waals surface area contributed by atoms with Gasteiger partial charge in [0.1, 0.15) is 6.04 Å². The summed E-state index contributed by atoms with van der Waals surface area (Å²) in [6.45, 7) is 4.99. The van der Waals surface area contributed by atoms with Gasteiger partial charge in [-0.05, 0) is 20.8 Å². The Morgan fingerprint density at radius 3 is 2.65 bits per heavy atom. The van der Waals surface area contributed by atoms with E-state index in [1.165, 1.54) is 13.8 Å². The molecular weight excluding hydrogens is 226 g/mol. The summed E-state index contributed by atoms with van der Waals surface area (Å²) >= 11 is 0. The van der Waals surface area contributed by atoms with E-state index in [1.807, 2.05) is 4.98 Å². The van der Waals surface area contributed by atoms with Gasteiger partial charge in [-0.1, -0.05) is 0 Å². The predicted octanol–water partition coefficient (Wildman–Crippen LogP) is -0.752. The fourth-order valence-corrected chi connectivity index (χ4v) is 1.43. The fourth-order valence-electron chi connectivity index (χ4n) is 1.43. The first-order valence-corrected chi connectivity index (χ1v) is 5.22. The van der Waals surface area contributed by atoms with Crippen LogP contribution in [-0.4, -0.2) is 27.1 Å². The van der Waals surface area contributed by atoms with Crippen LogP contribution < -0.4 is 16.6 Å². The van der Waals surface area contributed by atoms with Crippen LogP contribution in [-0.2, 0) is 4.79 Å². The highest BCUT2D eigenvalue weighted by molar-refractivity contribution is 5.80. The number of H-pyrrole nitrogens is 1. The molecule has 0 aromatic carbocycles. The van der Waals surface area contributed by atoms with E-state index in [9.17, 15) is 19.5 Å². The van der Waals surface area contributed by atoms with Gasteiger partial charge in [0, 0.05) is 6.54 Å². The lowest BCUT2D eigenvalue weighted by Crippen LogP contribution is -2.39. The number of hydrogen-bond donors (Lipinski definition) is 3. The Balaban J connectivity index is 3.32. The second kappa shape index (κ2) is 4.86. The highest BCUT2D eigenvalue weighted by Crippen LogP contribution is 2.14. The van der Waals surface area contributed by atoms with E-state index >= 15 is 0 Å². The third-order valence-electron chi connectivity index (χ3n) is 2.46. The molecule has 1 aromatic rings. The highest BCUT2D eigenvalue weighted by atomic mass is 16.3. The van der Waals surface area contributed by atoms with Gasteiger partial charge in [0.05, 0.1) is 5.56 Å². The van der Waals surface area contributed by atoms with Crippen molar-refractivity contribution in [3.8, 4) is 5.88 Å². The van der Waals surface area contributed by atoms with E-state index in [4.69, 9.17) is 0 Å². The van der Waals surface area contributed by atoms with Crippen LogP contribution in [0.3, 0.4) is 0 Å². The number of aromatic nitrogens is 2. The van der Waals surface area contributed by atoms with Crippen molar-refractivity contribution in [2.45, 2.75) is 26.8 Å². The molecule has 7 heteroatoms. The number of likely N-dealkylation sites (N-methyl/N-ethyl adjacent to an activating group) is 1. The third kappa shape index (κ3) is 2.38. The number of amides is 1. The molecule has 0 bridgehead atoms. The van der Waals surface area contributed by atoms with Gasteiger partial charge in [0.25, 0.3) is 5.56 Å². The largest absolute Gasteiger partial charge is 0.494 e. The summed E-state index contributed by atoms with van der Waals surface area (Å²) in [5.74, 6) is -0.895. The average Bonchev–Trinajstić information content (AvgIpc) is 2.26. The molecule has 1 unspecified atom stereocenters. The minimum Gasteiger partial charge on any atom is -0.494 e. The van der Waals surface area contributed by atoms with Gasteiger partial charge in [-0.2, -0.15) is 0 Å². The van der Waals surface area contributed by atoms with Crippen molar-refractivity contribution in [2.24, 2.45) is 0 Å². The normalized spacial score (nSPS) is 12.2. The maximum atomic E-state index is 11.6. The smallest absolute Gasteiger partial charge is 0.331 e. The molecule has 3 N–H and O–H groups in total. The summed E-state index contributed by atoms with van der Waals surface area (Å²) in [5.41, 5.74) is -1.47. The number of hydrogen-bond acceptors (Lipinski definition) is 4. The minimum absolute atomic E-state index is 0.000693. The van der Waals surface area contributed by atoms with Crippen molar-refractivity contribution in [3.05, 3.63) is 26.4 Å². The van der Waals surface area contributed by atoms with Gasteiger partial charge in [-0.15, -0.1) is 0 Å². The first kappa shape index (κ1) is 13.0. The second-order valence-corrected chi connectivity index (χ2v) is 3.65. The molecule has 1 heterocycles. The summed E-state index contributed by atoms with van der Waals surface area (Å²) < 4.78 is 0.849. The number of carbonyl (C=O) groups excluding carboxylic acids is 1. The molecule has 1 rings (SSSR count). The summed E-state index contributed by atoms with van der Waals surface area (Å²) in [7, 11) is 0. The lowest BCUT2D eigenvalue weighted by atomic mass is 10.2. The van der Waals surface area contributed by atoms with E-state index in [-0.39, 0.29) is 5.56 Å². The Labute approximate surface area is 97.1 Å². The van der Waals surface area contributed by atoms with Gasteiger partial charge in [-0.3, -0.25) is 19.1 Å². The van der Waals surface area contributed by atoms with Crippen molar-refractivity contribution < 1.29 is 9.90 Å². The van der Waals surface area contributed by atoms with Crippen LogP contribution in [0.15, 0.2) is 9.59 Å². The molecule has 0 aliphatic rings. The molecule has 0 aliphatic carbocycles. The van der Waals surface area contributed by atoms with Crippen LogP contribution in [0.4, 0.5) is 0 Å². The van der Waals surface area contributed by atoms with Gasteiger partial charge in [0.2, 0.25) is 11.8 Å². The SMILES string of the molecule is CCNC(=O)C(C)n1c(O)c(C)c(=O)[nH]c1=O. The van der Waals surface area contributed by atoms with Crippen LogP contribution in [0.25, 0.3) is 0 Å². The van der Waals surface area contributed by atoms with Crippen LogP contribution in [0.2, 0.25) is 0 Å². The number of nitrogens with zero attached hydrogens (tertiary/aromatic N) is 1. The maximum Gasteiger partial charge on any atom is 0.331 e. The van der Waals surface area contributed by atoms with Crippen LogP contribution in [0.5, 0.6) is 5.88 Å². The Morgan fingerprint density at radius 2 is 2.12 bits per heavy atom. The van der Waals surface area contributed by atoms with Crippen molar-refractivity contribution in [1.29, 1.82) is 0 Å². The van der Waals surface area contributed by atoms with Gasteiger partial charge in [0.15, 0.2) is 0 Å². The summed E-state index contributed by atoms with van der Waals surface area (Å²) in [4.78, 5) is 36.3. The second-order valence-electron chi connectivity index (χ2n) is 3.65. The van der Waals surface area contributed by atoms with E-state index in [2.05, 4.69) is 5.32 Å². The maximum absolute atomic E-state index is 11.6. The third-order valence-corrected chi connectivity index (χ3v) is 2.46. The van der Waals surface area contributed by atoms with Crippen molar-refractivity contribution in [2.75, 3.05) is 6.54 Å². The van der Waals surface area contributed by atoms with Crippen molar-refractivity contribution >= 4 is 5.91 Å². The molecule has 17 heavy (non-hydrogen) atoms. The molecule has 0 saturated heterocycles. The van der Waals surface area contributed by atoms with E-state index in [0.717, 1.165) is 4.57 Å². The zero-order valence-corrected chi connectivity index (χ0v) is 9.90. The number of nitrogens with one attached hydrogen (secondary N) is 2. The standard InChI is InChI=1S/C10H15N3O4/c1-4-11-8(15)6(3)13-9(16)5(2)7(14)12-10(13)17/h6,16H,4H2,1-3H3,(H,11,15)(H,12,14,17). The molecule has 1 atom stereocenters. The summed E-state index contributed by atoms with van der Waals surface area (Å²) in [6.07, 6.45) is 0. The molecule has 0 radical (unpaired) electrons. The van der Waals surface area contributed by atoms with E-state index < -0.39 is 29.1 Å². The Morgan fingerprint density at radius 1 is 1.53 bits per heavy atom. The first-order chi connectivity index (χ1) is 7.90. The highest BCUT2D eigenvalue weighted by Gasteiger charge is 2.20. The number of carbonyl (C=O) groups is 1. The van der Waals surface area contributed by atoms with Crippen molar-refractivity contribution in [1.82, 2.24) is 14.9 Å². The topological polar surface area (TPSA) is 104 Å². The Bertz CT molecular complexity index is 543. The minimum atomic E-state index is -0.891. The Kier molecular flexibility index (Phi) is 3.72. The molecule has 0 saturated carbocycles. The van der Waals surface area contributed by atoms with E-state index in [1.54, 1.807) is 6.92 Å². The molecule has 1 aromatic heterocycles. The predicted molar refractivity (Wildman–Crippen MR) is 61.1 cm³/mol.